The zero-order chi connectivity index (χ0) is 7.56. The number of carbonyl (C=O) groups is 1. The highest BCUT2D eigenvalue weighted by molar-refractivity contribution is 5.74. The van der Waals surface area contributed by atoms with Crippen molar-refractivity contribution >= 4 is 5.97 Å². The van der Waals surface area contributed by atoms with Gasteiger partial charge in [0.25, 0.3) is 0 Å². The largest absolute Gasteiger partial charge is 0.466 e. The monoisotopic (exact) mass is 143 g/mol. The summed E-state index contributed by atoms with van der Waals surface area (Å²) in [6.07, 6.45) is 1.86. The summed E-state index contributed by atoms with van der Waals surface area (Å²) in [4.78, 5) is 10.9. The zero-order valence-electron chi connectivity index (χ0n) is 6.17. The van der Waals surface area contributed by atoms with Crippen LogP contribution in [0.4, 0.5) is 0 Å². The summed E-state index contributed by atoms with van der Waals surface area (Å²) in [6.45, 7) is 2.27. The van der Waals surface area contributed by atoms with Crippen molar-refractivity contribution in [2.45, 2.75) is 25.8 Å². The zero-order valence-corrected chi connectivity index (χ0v) is 6.17. The van der Waals surface area contributed by atoms with Gasteiger partial charge in [0.15, 0.2) is 0 Å². The van der Waals surface area contributed by atoms with Gasteiger partial charge < -0.3 is 10.5 Å². The number of nitrogens with two attached hydrogens (primary N) is 1. The maximum Gasteiger partial charge on any atom is 0.310 e. The minimum absolute atomic E-state index is 0.0139. The maximum atomic E-state index is 10.9. The fraction of sp³-hybridized carbons (Fsp3) is 0.857. The minimum Gasteiger partial charge on any atom is -0.466 e. The molecule has 0 aliphatic heterocycles. The lowest BCUT2D eigenvalue weighted by molar-refractivity contribution is -0.151. The Morgan fingerprint density at radius 2 is 2.40 bits per heavy atom. The van der Waals surface area contributed by atoms with Gasteiger partial charge in [-0.3, -0.25) is 4.79 Å². The Bertz CT molecular complexity index is 136. The summed E-state index contributed by atoms with van der Waals surface area (Å²) in [7, 11) is 0. The molecule has 3 heteroatoms. The Kier molecular flexibility index (Phi) is 2.27. The van der Waals surface area contributed by atoms with E-state index < -0.39 is 0 Å². The summed E-state index contributed by atoms with van der Waals surface area (Å²) >= 11 is 0. The predicted octanol–water partition coefficient (Wildman–Crippen LogP) is 0.287. The Morgan fingerprint density at radius 3 is 2.70 bits per heavy atom. The first-order chi connectivity index (χ1) is 4.75. The molecule has 58 valence electrons. The van der Waals surface area contributed by atoms with E-state index in [9.17, 15) is 4.79 Å². The van der Waals surface area contributed by atoms with Crippen LogP contribution in [0, 0.1) is 5.92 Å². The van der Waals surface area contributed by atoms with Gasteiger partial charge >= 0.3 is 5.97 Å². The summed E-state index contributed by atoms with van der Waals surface area (Å²) in [5.74, 6) is -0.138. The second-order valence-corrected chi connectivity index (χ2v) is 2.60. The summed E-state index contributed by atoms with van der Waals surface area (Å²) in [5, 5.41) is 0. The summed E-state index contributed by atoms with van der Waals surface area (Å²) < 4.78 is 4.80. The first-order valence-corrected chi connectivity index (χ1v) is 3.68. The Hall–Kier alpha value is -0.570. The Labute approximate surface area is 60.5 Å². The van der Waals surface area contributed by atoms with E-state index in [0.717, 1.165) is 12.8 Å². The smallest absolute Gasteiger partial charge is 0.310 e. The molecular formula is C7H13NO2. The molecule has 0 aromatic heterocycles. The van der Waals surface area contributed by atoms with Gasteiger partial charge in [0.2, 0.25) is 0 Å². The van der Waals surface area contributed by atoms with Crippen LogP contribution in [0.15, 0.2) is 0 Å². The molecule has 1 aliphatic carbocycles. The van der Waals surface area contributed by atoms with Gasteiger partial charge in [0.05, 0.1) is 12.5 Å². The van der Waals surface area contributed by atoms with Crippen molar-refractivity contribution in [2.75, 3.05) is 6.61 Å². The normalized spacial score (nSPS) is 31.0. The number of rotatable bonds is 2. The van der Waals surface area contributed by atoms with Gasteiger partial charge in [0.1, 0.15) is 0 Å². The molecule has 0 spiro atoms. The molecular weight excluding hydrogens is 130 g/mol. The first-order valence-electron chi connectivity index (χ1n) is 3.68. The van der Waals surface area contributed by atoms with Crippen LogP contribution in [0.1, 0.15) is 19.8 Å². The lowest BCUT2D eigenvalue weighted by Gasteiger charge is -2.30. The fourth-order valence-corrected chi connectivity index (χ4v) is 1.07. The van der Waals surface area contributed by atoms with Gasteiger partial charge in [-0.15, -0.1) is 0 Å². The molecule has 1 fully saturated rings. The molecule has 1 saturated carbocycles. The molecule has 2 atom stereocenters. The molecule has 1 rings (SSSR count). The first kappa shape index (κ1) is 7.54. The maximum absolute atomic E-state index is 10.9. The van der Waals surface area contributed by atoms with Crippen molar-refractivity contribution in [1.82, 2.24) is 0 Å². The topological polar surface area (TPSA) is 52.3 Å². The third-order valence-electron chi connectivity index (χ3n) is 1.92. The highest BCUT2D eigenvalue weighted by Gasteiger charge is 2.34. The molecule has 0 aromatic carbocycles. The molecule has 2 N–H and O–H groups in total. The van der Waals surface area contributed by atoms with Crippen LogP contribution in [0.3, 0.4) is 0 Å². The summed E-state index contributed by atoms with van der Waals surface area (Å²) in [5.41, 5.74) is 5.55. The van der Waals surface area contributed by atoms with Crippen molar-refractivity contribution in [2.24, 2.45) is 11.7 Å². The minimum atomic E-state index is -0.124. The van der Waals surface area contributed by atoms with Gasteiger partial charge in [0, 0.05) is 6.04 Å². The second kappa shape index (κ2) is 3.01. The van der Waals surface area contributed by atoms with E-state index in [1.54, 1.807) is 0 Å². The third-order valence-corrected chi connectivity index (χ3v) is 1.92. The molecule has 0 heterocycles. The van der Waals surface area contributed by atoms with Crippen molar-refractivity contribution < 1.29 is 9.53 Å². The molecule has 0 radical (unpaired) electrons. The third kappa shape index (κ3) is 1.29. The van der Waals surface area contributed by atoms with E-state index in [1.807, 2.05) is 6.92 Å². The molecule has 0 amide bonds. The van der Waals surface area contributed by atoms with Crippen molar-refractivity contribution in [1.29, 1.82) is 0 Å². The highest BCUT2D eigenvalue weighted by Crippen LogP contribution is 2.26. The van der Waals surface area contributed by atoms with Gasteiger partial charge in [-0.25, -0.2) is 0 Å². The van der Waals surface area contributed by atoms with E-state index in [-0.39, 0.29) is 17.9 Å². The average molecular weight is 143 g/mol. The fourth-order valence-electron chi connectivity index (χ4n) is 1.07. The Morgan fingerprint density at radius 1 is 1.70 bits per heavy atom. The van der Waals surface area contributed by atoms with E-state index in [0.29, 0.717) is 6.61 Å². The molecule has 10 heavy (non-hydrogen) atoms. The van der Waals surface area contributed by atoms with Gasteiger partial charge in [-0.2, -0.15) is 0 Å². The highest BCUT2D eigenvalue weighted by atomic mass is 16.5. The van der Waals surface area contributed by atoms with Crippen LogP contribution in [-0.2, 0) is 9.53 Å². The molecule has 0 aromatic rings. The molecule has 0 saturated heterocycles. The number of hydrogen-bond donors (Lipinski definition) is 1. The average Bonchev–Trinajstić information content (AvgIpc) is 1.85. The number of hydrogen-bond acceptors (Lipinski definition) is 3. The number of esters is 1. The second-order valence-electron chi connectivity index (χ2n) is 2.60. The van der Waals surface area contributed by atoms with Crippen LogP contribution < -0.4 is 5.73 Å². The Balaban J connectivity index is 2.27. The lowest BCUT2D eigenvalue weighted by Crippen LogP contribution is -2.44. The summed E-state index contributed by atoms with van der Waals surface area (Å²) in [6, 6.07) is 0.0547. The van der Waals surface area contributed by atoms with Crippen LogP contribution >= 0.6 is 0 Å². The van der Waals surface area contributed by atoms with Crippen LogP contribution in [-0.4, -0.2) is 18.6 Å². The molecule has 3 nitrogen and oxygen atoms in total. The van der Waals surface area contributed by atoms with Crippen LogP contribution in [0.25, 0.3) is 0 Å². The standard InChI is InChI=1S/C7H13NO2/c1-2-10-7(9)5-3-4-6(5)8/h5-6H,2-4,8H2,1H3/t5-,6+/m1/s1. The van der Waals surface area contributed by atoms with Crippen molar-refractivity contribution in [3.05, 3.63) is 0 Å². The predicted molar refractivity (Wildman–Crippen MR) is 37.3 cm³/mol. The van der Waals surface area contributed by atoms with Crippen molar-refractivity contribution in [3.63, 3.8) is 0 Å². The van der Waals surface area contributed by atoms with E-state index >= 15 is 0 Å². The molecule has 0 bridgehead atoms. The van der Waals surface area contributed by atoms with Gasteiger partial charge in [-0.05, 0) is 19.8 Å². The van der Waals surface area contributed by atoms with E-state index in [4.69, 9.17) is 10.5 Å². The number of ether oxygens (including phenoxy) is 1. The van der Waals surface area contributed by atoms with Crippen LogP contribution in [0.2, 0.25) is 0 Å². The lowest BCUT2D eigenvalue weighted by atomic mass is 9.80. The number of carbonyl (C=O) groups excluding carboxylic acids is 1. The van der Waals surface area contributed by atoms with E-state index in [2.05, 4.69) is 0 Å². The van der Waals surface area contributed by atoms with Crippen molar-refractivity contribution in [3.8, 4) is 0 Å². The quantitative estimate of drug-likeness (QED) is 0.565. The molecule has 0 unspecified atom stereocenters. The van der Waals surface area contributed by atoms with Gasteiger partial charge in [-0.1, -0.05) is 0 Å². The SMILES string of the molecule is CCOC(=O)[C@@H]1CC[C@@H]1N. The van der Waals surface area contributed by atoms with Crippen LogP contribution in [0.5, 0.6) is 0 Å². The molecule has 1 aliphatic rings. The van der Waals surface area contributed by atoms with E-state index in [1.165, 1.54) is 0 Å².